The standard InChI is InChI=1S/C34H52O8/c1-7-8-9-10-11-12-13-14-15-16-27(37)41-30-22(3)33(40)25(28-31(5,6)34(28,30)42-23(4)36)18-24(20-35)19-32(39)26(33)17-21(2)29(32)38/h17-18,22,25-26,28,30,35,39-40H,7-16,19-20H2,1-6H3. The van der Waals surface area contributed by atoms with E-state index in [4.69, 9.17) is 9.47 Å². The molecule has 2 saturated carbocycles. The smallest absolute Gasteiger partial charge is 0.306 e. The normalized spacial score (nSPS) is 37.9. The monoisotopic (exact) mass is 588 g/mol. The lowest BCUT2D eigenvalue weighted by atomic mass is 9.59. The van der Waals surface area contributed by atoms with Crippen LogP contribution in [0.4, 0.5) is 0 Å². The summed E-state index contributed by atoms with van der Waals surface area (Å²) < 4.78 is 12.2. The molecule has 2 fully saturated rings. The summed E-state index contributed by atoms with van der Waals surface area (Å²) in [6, 6.07) is 0. The number of ether oxygens (including phenoxy) is 2. The molecule has 0 aromatic carbocycles. The van der Waals surface area contributed by atoms with Crippen LogP contribution < -0.4 is 0 Å². The van der Waals surface area contributed by atoms with Crippen molar-refractivity contribution in [2.24, 2.45) is 29.1 Å². The van der Waals surface area contributed by atoms with Gasteiger partial charge in [-0.05, 0) is 24.5 Å². The maximum atomic E-state index is 13.3. The first-order valence-electron chi connectivity index (χ1n) is 16.1. The number of fused-ring (bicyclic) bond motifs is 5. The van der Waals surface area contributed by atoms with Crippen LogP contribution in [0.1, 0.15) is 112 Å². The van der Waals surface area contributed by atoms with E-state index in [-0.39, 0.29) is 19.4 Å². The number of carbonyl (C=O) groups excluding carboxylic acids is 3. The molecule has 0 radical (unpaired) electrons. The van der Waals surface area contributed by atoms with E-state index in [2.05, 4.69) is 6.92 Å². The summed E-state index contributed by atoms with van der Waals surface area (Å²) >= 11 is 0. The fraction of sp³-hybridized carbons (Fsp3) is 0.794. The SMILES string of the molecule is CCCCCCCCCCCC(=O)OC1C(C)C2(O)C(C=C(CO)CC3(O)C(=O)C(C)=CC32)C2C(C)(C)C12OC(C)=O. The first-order valence-corrected chi connectivity index (χ1v) is 16.1. The van der Waals surface area contributed by atoms with Crippen LogP contribution in [0, 0.1) is 29.1 Å². The Labute approximate surface area is 250 Å². The Morgan fingerprint density at radius 3 is 2.17 bits per heavy atom. The topological polar surface area (TPSA) is 130 Å². The van der Waals surface area contributed by atoms with Gasteiger partial charge < -0.3 is 24.8 Å². The molecule has 0 amide bonds. The highest BCUT2D eigenvalue weighted by atomic mass is 16.6. The number of hydrogen-bond acceptors (Lipinski definition) is 8. The second kappa shape index (κ2) is 12.2. The average molecular weight is 589 g/mol. The number of unbranched alkanes of at least 4 members (excludes halogenated alkanes) is 8. The van der Waals surface area contributed by atoms with Gasteiger partial charge in [0.05, 0.1) is 12.2 Å². The van der Waals surface area contributed by atoms with Crippen molar-refractivity contribution in [1.82, 2.24) is 0 Å². The van der Waals surface area contributed by atoms with Crippen LogP contribution in [-0.2, 0) is 23.9 Å². The summed E-state index contributed by atoms with van der Waals surface area (Å²) in [4.78, 5) is 39.0. The van der Waals surface area contributed by atoms with E-state index in [0.29, 0.717) is 17.6 Å². The Kier molecular flexibility index (Phi) is 9.52. The van der Waals surface area contributed by atoms with Gasteiger partial charge in [-0.2, -0.15) is 0 Å². The lowest BCUT2D eigenvalue weighted by Crippen LogP contribution is -2.66. The van der Waals surface area contributed by atoms with E-state index in [1.165, 1.54) is 39.0 Å². The Bertz CT molecular complexity index is 1120. The Morgan fingerprint density at radius 1 is 1.00 bits per heavy atom. The van der Waals surface area contributed by atoms with Crippen LogP contribution in [0.25, 0.3) is 0 Å². The number of hydrogen-bond donors (Lipinski definition) is 3. The molecule has 0 aromatic rings. The molecule has 0 aliphatic heterocycles. The number of carbonyl (C=O) groups is 3. The van der Waals surface area contributed by atoms with Crippen molar-refractivity contribution >= 4 is 17.7 Å². The maximum absolute atomic E-state index is 13.3. The highest BCUT2D eigenvalue weighted by Gasteiger charge is 2.87. The van der Waals surface area contributed by atoms with Gasteiger partial charge in [0.25, 0.3) is 0 Å². The predicted octanol–water partition coefficient (Wildman–Crippen LogP) is 4.97. The van der Waals surface area contributed by atoms with Crippen molar-refractivity contribution in [2.45, 2.75) is 135 Å². The highest BCUT2D eigenvalue weighted by Crippen LogP contribution is 2.77. The summed E-state index contributed by atoms with van der Waals surface area (Å²) in [6.45, 7) is 10.4. The third-order valence-corrected chi connectivity index (χ3v) is 11.0. The van der Waals surface area contributed by atoms with E-state index in [9.17, 15) is 29.7 Å². The Morgan fingerprint density at radius 2 is 1.60 bits per heavy atom. The molecular formula is C34H52O8. The molecule has 4 aliphatic carbocycles. The molecule has 8 heteroatoms. The lowest BCUT2D eigenvalue weighted by Gasteiger charge is -2.53. The van der Waals surface area contributed by atoms with Gasteiger partial charge in [-0.25, -0.2) is 0 Å². The first kappa shape index (κ1) is 32.9. The molecule has 42 heavy (non-hydrogen) atoms. The van der Waals surface area contributed by atoms with E-state index >= 15 is 0 Å². The van der Waals surface area contributed by atoms with E-state index < -0.39 is 69.7 Å². The fourth-order valence-electron chi connectivity index (χ4n) is 8.84. The van der Waals surface area contributed by atoms with Crippen LogP contribution in [0.2, 0.25) is 0 Å². The third-order valence-electron chi connectivity index (χ3n) is 11.0. The molecule has 0 saturated heterocycles. The van der Waals surface area contributed by atoms with Crippen molar-refractivity contribution in [3.8, 4) is 0 Å². The van der Waals surface area contributed by atoms with Crippen LogP contribution in [0.15, 0.2) is 23.3 Å². The van der Waals surface area contributed by atoms with E-state index in [1.807, 2.05) is 13.8 Å². The van der Waals surface area contributed by atoms with Gasteiger partial charge in [0.15, 0.2) is 11.4 Å². The molecule has 236 valence electrons. The zero-order valence-corrected chi connectivity index (χ0v) is 26.4. The van der Waals surface area contributed by atoms with E-state index in [0.717, 1.165) is 19.3 Å². The molecule has 0 heterocycles. The minimum absolute atomic E-state index is 0.108. The second-order valence-electron chi connectivity index (χ2n) is 14.0. The molecule has 4 aliphatic rings. The summed E-state index contributed by atoms with van der Waals surface area (Å²) in [5.74, 6) is -4.30. The number of aliphatic hydroxyl groups is 3. The van der Waals surface area contributed by atoms with Gasteiger partial charge in [-0.1, -0.05) is 91.2 Å². The number of rotatable bonds is 13. The maximum Gasteiger partial charge on any atom is 0.306 e. The van der Waals surface area contributed by atoms with Crippen molar-refractivity contribution in [3.63, 3.8) is 0 Å². The molecule has 8 atom stereocenters. The summed E-state index contributed by atoms with van der Waals surface area (Å²) in [6.07, 6.45) is 12.6. The molecule has 8 unspecified atom stereocenters. The van der Waals surface area contributed by atoms with Gasteiger partial charge in [0, 0.05) is 48.9 Å². The van der Waals surface area contributed by atoms with Gasteiger partial charge in [-0.3, -0.25) is 14.4 Å². The minimum Gasteiger partial charge on any atom is -0.458 e. The molecular weight excluding hydrogens is 536 g/mol. The van der Waals surface area contributed by atoms with Crippen molar-refractivity contribution < 1.29 is 39.2 Å². The number of esters is 2. The van der Waals surface area contributed by atoms with E-state index in [1.54, 1.807) is 26.0 Å². The van der Waals surface area contributed by atoms with Gasteiger partial charge in [0.2, 0.25) is 0 Å². The quantitative estimate of drug-likeness (QED) is 0.156. The third kappa shape index (κ3) is 5.19. The van der Waals surface area contributed by atoms with Crippen LogP contribution in [-0.4, -0.2) is 62.6 Å². The van der Waals surface area contributed by atoms with Gasteiger partial charge in [-0.15, -0.1) is 0 Å². The summed E-state index contributed by atoms with van der Waals surface area (Å²) in [5.41, 5.74) is -4.71. The lowest BCUT2D eigenvalue weighted by molar-refractivity contribution is -0.228. The zero-order chi connectivity index (χ0) is 31.1. The number of aliphatic hydroxyl groups excluding tert-OH is 1. The van der Waals surface area contributed by atoms with Crippen molar-refractivity contribution in [1.29, 1.82) is 0 Å². The minimum atomic E-state index is -1.93. The summed E-state index contributed by atoms with van der Waals surface area (Å²) in [7, 11) is 0. The van der Waals surface area contributed by atoms with Crippen LogP contribution >= 0.6 is 0 Å². The largest absolute Gasteiger partial charge is 0.458 e. The number of Topliss-reactive ketones (excluding diaryl/α,β-unsaturated/α-hetero) is 1. The Balaban J connectivity index is 1.59. The zero-order valence-electron chi connectivity index (χ0n) is 26.4. The first-order chi connectivity index (χ1) is 19.7. The molecule has 8 nitrogen and oxygen atoms in total. The molecule has 4 rings (SSSR count). The summed E-state index contributed by atoms with van der Waals surface area (Å²) in [5, 5.41) is 34.7. The molecule has 3 N–H and O–H groups in total. The van der Waals surface area contributed by atoms with Crippen LogP contribution in [0.3, 0.4) is 0 Å². The van der Waals surface area contributed by atoms with Crippen molar-refractivity contribution in [2.75, 3.05) is 6.61 Å². The van der Waals surface area contributed by atoms with Crippen LogP contribution in [0.5, 0.6) is 0 Å². The average Bonchev–Trinajstić information content (AvgIpc) is 3.35. The molecule has 0 aromatic heterocycles. The van der Waals surface area contributed by atoms with Gasteiger partial charge in [0.1, 0.15) is 11.7 Å². The Hall–Kier alpha value is -2.03. The molecule has 0 spiro atoms. The molecule has 0 bridgehead atoms. The van der Waals surface area contributed by atoms with Gasteiger partial charge >= 0.3 is 11.9 Å². The highest BCUT2D eigenvalue weighted by molar-refractivity contribution is 6.04. The predicted molar refractivity (Wildman–Crippen MR) is 158 cm³/mol. The number of ketones is 1. The second-order valence-corrected chi connectivity index (χ2v) is 14.0. The fourth-order valence-corrected chi connectivity index (χ4v) is 8.84. The van der Waals surface area contributed by atoms with Crippen molar-refractivity contribution in [3.05, 3.63) is 23.3 Å².